The Morgan fingerprint density at radius 3 is 2.79 bits per heavy atom. The normalized spacial score (nSPS) is 16.9. The Morgan fingerprint density at radius 2 is 2.12 bits per heavy atom. The van der Waals surface area contributed by atoms with Gasteiger partial charge in [0, 0.05) is 26.6 Å². The van der Waals surface area contributed by atoms with Crippen LogP contribution in [0.25, 0.3) is 11.4 Å². The number of ether oxygens (including phenoxy) is 1. The largest absolute Gasteiger partial charge is 0.466 e. The SMILES string of the molecule is CCOC(=O)C[C@H]1CCCN(c2ccc(-c3nnn(C)c3CCS(=O)(=O)O)nc2C(F)F)C1. The van der Waals surface area contributed by atoms with Gasteiger partial charge in [-0.05, 0) is 37.8 Å². The monoisotopic (exact) mass is 487 g/mol. The van der Waals surface area contributed by atoms with Gasteiger partial charge in [-0.25, -0.2) is 13.8 Å². The molecule has 1 aliphatic rings. The Kier molecular flexibility index (Phi) is 7.95. The topological polar surface area (TPSA) is 128 Å². The van der Waals surface area contributed by atoms with Crippen LogP contribution in [0.1, 0.15) is 44.0 Å². The number of esters is 1. The van der Waals surface area contributed by atoms with Crippen molar-refractivity contribution in [3.63, 3.8) is 0 Å². The third-order valence-electron chi connectivity index (χ3n) is 5.51. The molecule has 3 rings (SSSR count). The molecule has 2 aromatic rings. The van der Waals surface area contributed by atoms with Crippen molar-refractivity contribution in [1.82, 2.24) is 20.0 Å². The zero-order valence-electron chi connectivity index (χ0n) is 18.4. The number of halogens is 2. The number of pyridine rings is 1. The fraction of sp³-hybridized carbons (Fsp3) is 0.600. The van der Waals surface area contributed by atoms with E-state index in [0.717, 1.165) is 12.8 Å². The molecule has 3 heterocycles. The van der Waals surface area contributed by atoms with E-state index in [9.17, 15) is 22.0 Å². The van der Waals surface area contributed by atoms with Crippen molar-refractivity contribution in [2.45, 2.75) is 39.0 Å². The maximum Gasteiger partial charge on any atom is 0.306 e. The Labute approximate surface area is 190 Å². The number of hydrogen-bond acceptors (Lipinski definition) is 8. The van der Waals surface area contributed by atoms with Gasteiger partial charge in [0.25, 0.3) is 16.5 Å². The number of aryl methyl sites for hydroxylation is 1. The van der Waals surface area contributed by atoms with Gasteiger partial charge < -0.3 is 9.64 Å². The Balaban J connectivity index is 1.87. The Hall–Kier alpha value is -2.67. The van der Waals surface area contributed by atoms with E-state index in [2.05, 4.69) is 15.3 Å². The van der Waals surface area contributed by atoms with Crippen molar-refractivity contribution in [3.05, 3.63) is 23.5 Å². The van der Waals surface area contributed by atoms with E-state index in [1.165, 1.54) is 23.9 Å². The second kappa shape index (κ2) is 10.5. The Bertz CT molecular complexity index is 1090. The molecular formula is C20H27F2N5O5S. The summed E-state index contributed by atoms with van der Waals surface area (Å²) in [5.41, 5.74) is 0.517. The lowest BCUT2D eigenvalue weighted by atomic mass is 9.94. The van der Waals surface area contributed by atoms with Crippen LogP contribution in [-0.2, 0) is 33.1 Å². The molecule has 0 saturated carbocycles. The maximum absolute atomic E-state index is 14.0. The van der Waals surface area contributed by atoms with E-state index in [0.29, 0.717) is 25.4 Å². The first kappa shape index (κ1) is 25.0. The molecule has 0 aliphatic carbocycles. The summed E-state index contributed by atoms with van der Waals surface area (Å²) in [6.45, 7) is 3.03. The Morgan fingerprint density at radius 1 is 1.36 bits per heavy atom. The minimum absolute atomic E-state index is 0.00461. The second-order valence-corrected chi connectivity index (χ2v) is 9.48. The minimum atomic E-state index is -4.23. The van der Waals surface area contributed by atoms with Gasteiger partial charge in [0.05, 0.1) is 35.9 Å². The number of rotatable bonds is 9. The average Bonchev–Trinajstić information content (AvgIpc) is 3.12. The van der Waals surface area contributed by atoms with Crippen molar-refractivity contribution >= 4 is 21.8 Å². The lowest BCUT2D eigenvalue weighted by Gasteiger charge is -2.35. The highest BCUT2D eigenvalue weighted by atomic mass is 32.2. The van der Waals surface area contributed by atoms with Crippen LogP contribution in [0.5, 0.6) is 0 Å². The van der Waals surface area contributed by atoms with Gasteiger partial charge in [-0.1, -0.05) is 5.21 Å². The van der Waals surface area contributed by atoms with Gasteiger partial charge in [-0.3, -0.25) is 14.0 Å². The lowest BCUT2D eigenvalue weighted by molar-refractivity contribution is -0.144. The van der Waals surface area contributed by atoms with Gasteiger partial charge in [0.2, 0.25) is 0 Å². The molecule has 2 aromatic heterocycles. The molecule has 1 fully saturated rings. The van der Waals surface area contributed by atoms with Gasteiger partial charge in [-0.15, -0.1) is 5.10 Å². The number of piperidine rings is 1. The van der Waals surface area contributed by atoms with Crippen LogP contribution in [-0.4, -0.2) is 64.4 Å². The van der Waals surface area contributed by atoms with Crippen LogP contribution in [0.4, 0.5) is 14.5 Å². The summed E-state index contributed by atoms with van der Waals surface area (Å²) in [5, 5.41) is 7.80. The van der Waals surface area contributed by atoms with Gasteiger partial charge in [0.15, 0.2) is 0 Å². The van der Waals surface area contributed by atoms with Gasteiger partial charge >= 0.3 is 5.97 Å². The molecule has 0 amide bonds. The lowest BCUT2D eigenvalue weighted by Crippen LogP contribution is -2.37. The van der Waals surface area contributed by atoms with Gasteiger partial charge in [0.1, 0.15) is 11.4 Å². The number of aromatic nitrogens is 4. The second-order valence-electron chi connectivity index (χ2n) is 7.91. The molecule has 0 unspecified atom stereocenters. The first-order chi connectivity index (χ1) is 15.6. The zero-order chi connectivity index (χ0) is 24.2. The quantitative estimate of drug-likeness (QED) is 0.419. The molecule has 33 heavy (non-hydrogen) atoms. The molecule has 13 heteroatoms. The van der Waals surface area contributed by atoms with Crippen molar-refractivity contribution in [2.75, 3.05) is 30.3 Å². The van der Waals surface area contributed by atoms with Crippen LogP contribution in [0.15, 0.2) is 12.1 Å². The predicted molar refractivity (Wildman–Crippen MR) is 115 cm³/mol. The number of nitrogens with zero attached hydrogens (tertiary/aromatic N) is 5. The van der Waals surface area contributed by atoms with E-state index < -0.39 is 28.0 Å². The van der Waals surface area contributed by atoms with Crippen LogP contribution < -0.4 is 4.90 Å². The third-order valence-corrected chi connectivity index (χ3v) is 6.23. The molecule has 0 spiro atoms. The van der Waals surface area contributed by atoms with E-state index in [1.807, 2.05) is 4.90 Å². The summed E-state index contributed by atoms with van der Waals surface area (Å²) < 4.78 is 65.6. The van der Waals surface area contributed by atoms with Crippen LogP contribution in [0.3, 0.4) is 0 Å². The molecule has 1 atom stereocenters. The highest BCUT2D eigenvalue weighted by Gasteiger charge is 2.28. The molecular weight excluding hydrogens is 460 g/mol. The summed E-state index contributed by atoms with van der Waals surface area (Å²) in [4.78, 5) is 17.8. The maximum atomic E-state index is 14.0. The third kappa shape index (κ3) is 6.44. The molecule has 1 aliphatic heterocycles. The molecule has 1 N–H and O–H groups in total. The summed E-state index contributed by atoms with van der Waals surface area (Å²) in [7, 11) is -2.69. The molecule has 0 radical (unpaired) electrons. The standard InChI is InChI=1S/C20H27F2N5O5S/c1-3-32-17(28)11-13-5-4-9-27(12-13)16-7-6-14(23-19(16)20(21)22)18-15(26(2)25-24-18)8-10-33(29,30)31/h6-7,13,20H,3-5,8-12H2,1-2H3,(H,29,30,31)/t13-/m1/s1. The number of anilines is 1. The van der Waals surface area contributed by atoms with Crippen molar-refractivity contribution in [3.8, 4) is 11.4 Å². The highest BCUT2D eigenvalue weighted by Crippen LogP contribution is 2.34. The summed E-state index contributed by atoms with van der Waals surface area (Å²) in [6, 6.07) is 3.08. The highest BCUT2D eigenvalue weighted by molar-refractivity contribution is 7.85. The summed E-state index contributed by atoms with van der Waals surface area (Å²) >= 11 is 0. The minimum Gasteiger partial charge on any atom is -0.466 e. The molecule has 10 nitrogen and oxygen atoms in total. The predicted octanol–water partition coefficient (Wildman–Crippen LogP) is 2.41. The van der Waals surface area contributed by atoms with E-state index in [-0.39, 0.29) is 41.8 Å². The number of alkyl halides is 2. The number of carbonyl (C=O) groups is 1. The van der Waals surface area contributed by atoms with E-state index >= 15 is 0 Å². The van der Waals surface area contributed by atoms with E-state index in [4.69, 9.17) is 9.29 Å². The molecule has 0 bridgehead atoms. The van der Waals surface area contributed by atoms with Crippen LogP contribution in [0.2, 0.25) is 0 Å². The fourth-order valence-corrected chi connectivity index (χ4v) is 4.47. The van der Waals surface area contributed by atoms with E-state index in [1.54, 1.807) is 6.92 Å². The van der Waals surface area contributed by atoms with Crippen molar-refractivity contribution in [2.24, 2.45) is 13.0 Å². The zero-order valence-corrected chi connectivity index (χ0v) is 19.3. The van der Waals surface area contributed by atoms with Gasteiger partial charge in [-0.2, -0.15) is 8.42 Å². The average molecular weight is 488 g/mol. The fourth-order valence-electron chi connectivity index (χ4n) is 4.02. The number of hydrogen-bond donors (Lipinski definition) is 1. The molecule has 182 valence electrons. The number of carbonyl (C=O) groups excluding carboxylic acids is 1. The summed E-state index contributed by atoms with van der Waals surface area (Å²) in [6.07, 6.45) is -1.17. The van der Waals surface area contributed by atoms with Crippen LogP contribution in [0, 0.1) is 5.92 Å². The first-order valence-corrected chi connectivity index (χ1v) is 12.2. The molecule has 0 aromatic carbocycles. The summed E-state index contributed by atoms with van der Waals surface area (Å²) in [5.74, 6) is -0.863. The van der Waals surface area contributed by atoms with Crippen molar-refractivity contribution < 1.29 is 31.3 Å². The first-order valence-electron chi connectivity index (χ1n) is 10.6. The van der Waals surface area contributed by atoms with Crippen LogP contribution >= 0.6 is 0 Å². The van der Waals surface area contributed by atoms with Crippen molar-refractivity contribution in [1.29, 1.82) is 0 Å². The molecule has 1 saturated heterocycles. The smallest absolute Gasteiger partial charge is 0.306 e.